The van der Waals surface area contributed by atoms with E-state index >= 15 is 0 Å². The van der Waals surface area contributed by atoms with Crippen LogP contribution in [0, 0.1) is 6.92 Å². The third-order valence-electron chi connectivity index (χ3n) is 3.52. The number of carbonyl (C=O) groups is 2. The van der Waals surface area contributed by atoms with Crippen LogP contribution in [0.25, 0.3) is 0 Å². The lowest BCUT2D eigenvalue weighted by Gasteiger charge is -2.17. The summed E-state index contributed by atoms with van der Waals surface area (Å²) in [7, 11) is 0. The summed E-state index contributed by atoms with van der Waals surface area (Å²) >= 11 is 0. The molecule has 0 saturated carbocycles. The molecule has 1 aromatic heterocycles. The van der Waals surface area contributed by atoms with Crippen LogP contribution in [-0.2, 0) is 16.0 Å². The van der Waals surface area contributed by atoms with Crippen molar-refractivity contribution in [3.8, 4) is 5.75 Å². The molecule has 6 heteroatoms. The van der Waals surface area contributed by atoms with Crippen LogP contribution in [0.1, 0.15) is 17.5 Å². The van der Waals surface area contributed by atoms with Gasteiger partial charge in [0.1, 0.15) is 11.6 Å². The molecule has 0 fully saturated rings. The Morgan fingerprint density at radius 2 is 2.17 bits per heavy atom. The highest BCUT2D eigenvalue weighted by Gasteiger charge is 2.15. The van der Waals surface area contributed by atoms with Crippen LogP contribution in [0.2, 0.25) is 0 Å². The number of amides is 2. The van der Waals surface area contributed by atoms with Gasteiger partial charge in [0.2, 0.25) is 5.91 Å². The van der Waals surface area contributed by atoms with E-state index in [0.29, 0.717) is 24.4 Å². The minimum Gasteiger partial charge on any atom is -0.484 e. The maximum absolute atomic E-state index is 11.9. The molecule has 0 bridgehead atoms. The molecule has 0 spiro atoms. The van der Waals surface area contributed by atoms with Gasteiger partial charge in [-0.3, -0.25) is 9.59 Å². The number of ether oxygens (including phenoxy) is 1. The average Bonchev–Trinajstić information content (AvgIpc) is 2.55. The summed E-state index contributed by atoms with van der Waals surface area (Å²) < 4.78 is 5.50. The molecular weight excluding hydrogens is 294 g/mol. The number of pyridine rings is 1. The molecule has 1 aromatic carbocycles. The topological polar surface area (TPSA) is 80.3 Å². The number of aryl methyl sites for hydroxylation is 2. The Bertz CT molecular complexity index is 741. The van der Waals surface area contributed by atoms with Crippen LogP contribution in [0.3, 0.4) is 0 Å². The molecule has 2 aromatic rings. The Balaban J connectivity index is 1.56. The van der Waals surface area contributed by atoms with E-state index in [-0.39, 0.29) is 18.4 Å². The highest BCUT2D eigenvalue weighted by Crippen LogP contribution is 2.26. The zero-order chi connectivity index (χ0) is 16.2. The zero-order valence-corrected chi connectivity index (χ0v) is 12.8. The number of hydrogen-bond acceptors (Lipinski definition) is 4. The summed E-state index contributed by atoms with van der Waals surface area (Å²) in [6.45, 7) is 1.83. The van der Waals surface area contributed by atoms with Gasteiger partial charge in [-0.1, -0.05) is 6.07 Å². The monoisotopic (exact) mass is 311 g/mol. The predicted octanol–water partition coefficient (Wildman–Crippen LogP) is 2.29. The van der Waals surface area contributed by atoms with Crippen molar-refractivity contribution in [1.29, 1.82) is 0 Å². The Morgan fingerprint density at radius 1 is 1.30 bits per heavy atom. The van der Waals surface area contributed by atoms with Crippen LogP contribution in [0.4, 0.5) is 11.5 Å². The van der Waals surface area contributed by atoms with Gasteiger partial charge in [-0.2, -0.15) is 0 Å². The zero-order valence-electron chi connectivity index (χ0n) is 12.8. The Hall–Kier alpha value is -2.89. The fourth-order valence-electron chi connectivity index (χ4n) is 2.32. The van der Waals surface area contributed by atoms with Gasteiger partial charge in [0.15, 0.2) is 6.61 Å². The number of carbonyl (C=O) groups excluding carboxylic acids is 2. The van der Waals surface area contributed by atoms with Crippen molar-refractivity contribution in [2.24, 2.45) is 0 Å². The molecule has 2 amide bonds. The van der Waals surface area contributed by atoms with E-state index in [2.05, 4.69) is 15.6 Å². The number of nitrogens with one attached hydrogen (secondary N) is 2. The average molecular weight is 311 g/mol. The normalized spacial score (nSPS) is 13.0. The number of aromatic nitrogens is 1. The summed E-state index contributed by atoms with van der Waals surface area (Å²) in [4.78, 5) is 27.3. The van der Waals surface area contributed by atoms with E-state index in [1.807, 2.05) is 19.1 Å². The number of benzene rings is 1. The molecule has 3 rings (SSSR count). The second kappa shape index (κ2) is 6.48. The number of fused-ring (bicyclic) bond motifs is 1. The molecule has 2 N–H and O–H groups in total. The first-order valence-corrected chi connectivity index (χ1v) is 7.38. The van der Waals surface area contributed by atoms with Gasteiger partial charge in [-0.15, -0.1) is 0 Å². The van der Waals surface area contributed by atoms with Crippen molar-refractivity contribution >= 4 is 23.3 Å². The second-order valence-corrected chi connectivity index (χ2v) is 5.42. The van der Waals surface area contributed by atoms with Gasteiger partial charge in [0.25, 0.3) is 5.91 Å². The minimum atomic E-state index is -0.271. The molecule has 0 saturated heterocycles. The fraction of sp³-hybridized carbons (Fsp3) is 0.235. The minimum absolute atomic E-state index is 0.0242. The van der Waals surface area contributed by atoms with Gasteiger partial charge >= 0.3 is 0 Å². The number of hydrogen-bond donors (Lipinski definition) is 2. The molecule has 0 atom stereocenters. The first kappa shape index (κ1) is 15.0. The molecule has 23 heavy (non-hydrogen) atoms. The first-order valence-electron chi connectivity index (χ1n) is 7.38. The number of rotatable bonds is 4. The van der Waals surface area contributed by atoms with Gasteiger partial charge in [0, 0.05) is 18.3 Å². The van der Waals surface area contributed by atoms with Crippen LogP contribution in [-0.4, -0.2) is 23.4 Å². The highest BCUT2D eigenvalue weighted by molar-refractivity contribution is 5.94. The summed E-state index contributed by atoms with van der Waals surface area (Å²) in [5.41, 5.74) is 2.85. The van der Waals surface area contributed by atoms with Crippen molar-refractivity contribution in [2.75, 3.05) is 17.2 Å². The molecule has 6 nitrogen and oxygen atoms in total. The maximum Gasteiger partial charge on any atom is 0.263 e. The van der Waals surface area contributed by atoms with E-state index < -0.39 is 0 Å². The maximum atomic E-state index is 11.9. The molecule has 118 valence electrons. The van der Waals surface area contributed by atoms with Crippen molar-refractivity contribution in [3.05, 3.63) is 47.7 Å². The number of nitrogens with zero attached hydrogens (tertiary/aromatic N) is 1. The lowest BCUT2D eigenvalue weighted by Crippen LogP contribution is -2.21. The van der Waals surface area contributed by atoms with Crippen molar-refractivity contribution in [2.45, 2.75) is 19.8 Å². The van der Waals surface area contributed by atoms with E-state index in [4.69, 9.17) is 4.74 Å². The van der Waals surface area contributed by atoms with Crippen LogP contribution < -0.4 is 15.4 Å². The third kappa shape index (κ3) is 3.85. The van der Waals surface area contributed by atoms with Crippen molar-refractivity contribution in [3.63, 3.8) is 0 Å². The van der Waals surface area contributed by atoms with Gasteiger partial charge in [0.05, 0.1) is 0 Å². The van der Waals surface area contributed by atoms with E-state index in [9.17, 15) is 9.59 Å². The van der Waals surface area contributed by atoms with Crippen LogP contribution in [0.15, 0.2) is 36.5 Å². The Morgan fingerprint density at radius 3 is 2.96 bits per heavy atom. The van der Waals surface area contributed by atoms with E-state index in [1.165, 1.54) is 0 Å². The summed E-state index contributed by atoms with van der Waals surface area (Å²) in [6.07, 6.45) is 2.84. The predicted molar refractivity (Wildman–Crippen MR) is 86.5 cm³/mol. The molecule has 0 radical (unpaired) electrons. The third-order valence-corrected chi connectivity index (χ3v) is 3.52. The molecule has 1 aliphatic heterocycles. The molecular formula is C17H17N3O3. The second-order valence-electron chi connectivity index (χ2n) is 5.42. The van der Waals surface area contributed by atoms with E-state index in [0.717, 1.165) is 16.8 Å². The quantitative estimate of drug-likeness (QED) is 0.908. The summed E-state index contributed by atoms with van der Waals surface area (Å²) in [5, 5.41) is 5.48. The molecule has 1 aliphatic rings. The van der Waals surface area contributed by atoms with Gasteiger partial charge < -0.3 is 15.4 Å². The SMILES string of the molecule is Cc1ccc(NC(=O)COc2ccc3c(c2)CCC(=O)N3)nc1. The summed E-state index contributed by atoms with van der Waals surface area (Å²) in [5.74, 6) is 0.854. The molecule has 0 unspecified atom stereocenters. The first-order chi connectivity index (χ1) is 11.1. The Labute approximate surface area is 133 Å². The largest absolute Gasteiger partial charge is 0.484 e. The fourth-order valence-corrected chi connectivity index (χ4v) is 2.32. The van der Waals surface area contributed by atoms with Gasteiger partial charge in [-0.25, -0.2) is 4.98 Å². The van der Waals surface area contributed by atoms with Crippen molar-refractivity contribution < 1.29 is 14.3 Å². The number of anilines is 2. The standard InChI is InChI=1S/C17H17N3O3/c1-11-2-6-15(18-9-11)20-17(22)10-23-13-4-5-14-12(8-13)3-7-16(21)19-14/h2,4-6,8-9H,3,7,10H2,1H3,(H,19,21)(H,18,20,22). The van der Waals surface area contributed by atoms with E-state index in [1.54, 1.807) is 24.4 Å². The Kier molecular flexibility index (Phi) is 4.23. The lowest BCUT2D eigenvalue weighted by atomic mass is 10.0. The molecule has 2 heterocycles. The summed E-state index contributed by atoms with van der Waals surface area (Å²) in [6, 6.07) is 9.01. The lowest BCUT2D eigenvalue weighted by molar-refractivity contribution is -0.118. The van der Waals surface area contributed by atoms with Crippen LogP contribution >= 0.6 is 0 Å². The van der Waals surface area contributed by atoms with Gasteiger partial charge in [-0.05, 0) is 48.7 Å². The van der Waals surface area contributed by atoms with Crippen LogP contribution in [0.5, 0.6) is 5.75 Å². The smallest absolute Gasteiger partial charge is 0.263 e. The van der Waals surface area contributed by atoms with Crippen molar-refractivity contribution in [1.82, 2.24) is 4.98 Å². The molecule has 0 aliphatic carbocycles. The highest BCUT2D eigenvalue weighted by atomic mass is 16.5.